The van der Waals surface area contributed by atoms with Gasteiger partial charge < -0.3 is 10.3 Å². The molecule has 0 spiro atoms. The van der Waals surface area contributed by atoms with Gasteiger partial charge in [0.2, 0.25) is 0 Å². The number of nitrogens with one attached hydrogen (secondary N) is 2. The molecular formula is C14H20N4. The van der Waals surface area contributed by atoms with Crippen LogP contribution in [0, 0.1) is 0 Å². The molecule has 1 fully saturated rings. The maximum Gasteiger partial charge on any atom is 0.106 e. The summed E-state index contributed by atoms with van der Waals surface area (Å²) >= 11 is 0. The summed E-state index contributed by atoms with van der Waals surface area (Å²) in [4.78, 5) is 10.4. The number of hydrogen-bond acceptors (Lipinski definition) is 3. The van der Waals surface area contributed by atoms with Gasteiger partial charge in [-0.25, -0.2) is 4.98 Å². The van der Waals surface area contributed by atoms with E-state index in [1.165, 1.54) is 5.56 Å². The van der Waals surface area contributed by atoms with Crippen LogP contribution in [0.4, 0.5) is 0 Å². The number of piperazine rings is 1. The first-order chi connectivity index (χ1) is 8.78. The third kappa shape index (κ3) is 2.02. The van der Waals surface area contributed by atoms with Crippen molar-refractivity contribution in [3.05, 3.63) is 29.6 Å². The number of likely N-dealkylation sites (N-methyl/N-ethyl adjacent to an activating group) is 1. The molecule has 0 amide bonds. The number of fused-ring (bicyclic) bond motifs is 1. The number of aromatic nitrogens is 2. The number of H-pyrrole nitrogens is 1. The van der Waals surface area contributed by atoms with Gasteiger partial charge in [-0.1, -0.05) is 13.0 Å². The Hall–Kier alpha value is -1.39. The molecule has 0 saturated carbocycles. The quantitative estimate of drug-likeness (QED) is 0.845. The van der Waals surface area contributed by atoms with E-state index in [1.807, 2.05) is 0 Å². The lowest BCUT2D eigenvalue weighted by Crippen LogP contribution is -2.43. The van der Waals surface area contributed by atoms with Crippen LogP contribution in [0.15, 0.2) is 18.2 Å². The van der Waals surface area contributed by atoms with E-state index >= 15 is 0 Å². The van der Waals surface area contributed by atoms with Gasteiger partial charge in [0, 0.05) is 32.1 Å². The summed E-state index contributed by atoms with van der Waals surface area (Å²) in [7, 11) is 2.19. The van der Waals surface area contributed by atoms with Gasteiger partial charge >= 0.3 is 0 Å². The molecule has 3 rings (SSSR count). The Kier molecular flexibility index (Phi) is 3.06. The molecule has 0 aliphatic carbocycles. The normalized spacial score (nSPS) is 21.6. The molecule has 0 bridgehead atoms. The second-order valence-electron chi connectivity index (χ2n) is 5.01. The highest BCUT2D eigenvalue weighted by molar-refractivity contribution is 5.76. The second kappa shape index (κ2) is 4.71. The molecule has 1 unspecified atom stereocenters. The van der Waals surface area contributed by atoms with Crippen molar-refractivity contribution in [2.45, 2.75) is 19.4 Å². The fourth-order valence-electron chi connectivity index (χ4n) is 2.63. The molecule has 1 atom stereocenters. The first-order valence-corrected chi connectivity index (χ1v) is 6.67. The van der Waals surface area contributed by atoms with Crippen molar-refractivity contribution in [1.82, 2.24) is 20.2 Å². The molecule has 2 heterocycles. The van der Waals surface area contributed by atoms with E-state index in [0.29, 0.717) is 6.04 Å². The Bertz CT molecular complexity index is 546. The van der Waals surface area contributed by atoms with Gasteiger partial charge in [-0.2, -0.15) is 0 Å². The van der Waals surface area contributed by atoms with Crippen molar-refractivity contribution in [3.63, 3.8) is 0 Å². The zero-order valence-corrected chi connectivity index (χ0v) is 11.0. The Balaban J connectivity index is 1.96. The number of nitrogens with zero attached hydrogens (tertiary/aromatic N) is 2. The van der Waals surface area contributed by atoms with E-state index in [0.717, 1.165) is 42.9 Å². The second-order valence-corrected chi connectivity index (χ2v) is 5.01. The Morgan fingerprint density at radius 3 is 3.11 bits per heavy atom. The summed E-state index contributed by atoms with van der Waals surface area (Å²) < 4.78 is 0. The van der Waals surface area contributed by atoms with Gasteiger partial charge in [0.05, 0.1) is 11.0 Å². The van der Waals surface area contributed by atoms with Crippen LogP contribution in [0.25, 0.3) is 11.0 Å². The molecule has 96 valence electrons. The Morgan fingerprint density at radius 2 is 2.33 bits per heavy atom. The van der Waals surface area contributed by atoms with E-state index in [2.05, 4.69) is 52.4 Å². The minimum absolute atomic E-state index is 0.469. The van der Waals surface area contributed by atoms with Crippen molar-refractivity contribution >= 4 is 11.0 Å². The highest BCUT2D eigenvalue weighted by Gasteiger charge is 2.20. The van der Waals surface area contributed by atoms with Crippen molar-refractivity contribution in [2.75, 3.05) is 26.7 Å². The van der Waals surface area contributed by atoms with Crippen LogP contribution in [-0.4, -0.2) is 41.5 Å². The molecule has 1 aromatic heterocycles. The Labute approximate surface area is 107 Å². The van der Waals surface area contributed by atoms with E-state index in [-0.39, 0.29) is 0 Å². The zero-order chi connectivity index (χ0) is 12.5. The van der Waals surface area contributed by atoms with Crippen LogP contribution in [0.2, 0.25) is 0 Å². The van der Waals surface area contributed by atoms with Crippen LogP contribution < -0.4 is 5.32 Å². The molecule has 2 N–H and O–H groups in total. The fourth-order valence-corrected chi connectivity index (χ4v) is 2.63. The van der Waals surface area contributed by atoms with Gasteiger partial charge in [-0.05, 0) is 24.7 Å². The average Bonchev–Trinajstić information content (AvgIpc) is 2.81. The number of aromatic amines is 1. The minimum atomic E-state index is 0.469. The summed E-state index contributed by atoms with van der Waals surface area (Å²) in [6.07, 6.45) is 0.953. The van der Waals surface area contributed by atoms with Gasteiger partial charge in [-0.3, -0.25) is 4.90 Å². The molecule has 1 aliphatic rings. The van der Waals surface area contributed by atoms with E-state index in [1.54, 1.807) is 0 Å². The number of imidazole rings is 1. The highest BCUT2D eigenvalue weighted by atomic mass is 15.2. The number of rotatable bonds is 2. The summed E-state index contributed by atoms with van der Waals surface area (Å²) in [5.41, 5.74) is 3.59. The molecule has 1 aliphatic heterocycles. The van der Waals surface area contributed by atoms with Crippen LogP contribution in [0.3, 0.4) is 0 Å². The maximum absolute atomic E-state index is 4.55. The molecule has 0 radical (unpaired) electrons. The molecule has 4 nitrogen and oxygen atoms in total. The lowest BCUT2D eigenvalue weighted by atomic mass is 10.0. The molecule has 4 heteroatoms. The Morgan fingerprint density at radius 1 is 1.44 bits per heavy atom. The first-order valence-electron chi connectivity index (χ1n) is 6.67. The van der Waals surface area contributed by atoms with Crippen molar-refractivity contribution < 1.29 is 0 Å². The number of hydrogen-bond donors (Lipinski definition) is 2. The molecule has 1 aromatic carbocycles. The molecule has 2 aromatic rings. The van der Waals surface area contributed by atoms with Crippen LogP contribution in [0.5, 0.6) is 0 Å². The van der Waals surface area contributed by atoms with Gasteiger partial charge in [-0.15, -0.1) is 0 Å². The van der Waals surface area contributed by atoms with E-state index < -0.39 is 0 Å². The average molecular weight is 244 g/mol. The van der Waals surface area contributed by atoms with E-state index in [4.69, 9.17) is 0 Å². The fraction of sp³-hybridized carbons (Fsp3) is 0.500. The molecular weight excluding hydrogens is 224 g/mol. The third-order valence-electron chi connectivity index (χ3n) is 3.79. The summed E-state index contributed by atoms with van der Waals surface area (Å²) in [6.45, 7) is 5.33. The van der Waals surface area contributed by atoms with Gasteiger partial charge in [0.1, 0.15) is 5.82 Å². The predicted octanol–water partition coefficient (Wildman–Crippen LogP) is 1.70. The maximum atomic E-state index is 4.55. The molecule has 18 heavy (non-hydrogen) atoms. The summed E-state index contributed by atoms with van der Waals surface area (Å²) in [5, 5.41) is 3.46. The van der Waals surface area contributed by atoms with Crippen LogP contribution >= 0.6 is 0 Å². The summed E-state index contributed by atoms with van der Waals surface area (Å²) in [6, 6.07) is 7.05. The lowest BCUT2D eigenvalue weighted by Gasteiger charge is -2.33. The SMILES string of the molecule is CCc1nc2ccc(C3CNCCN3C)cc2[nH]1. The smallest absolute Gasteiger partial charge is 0.106 e. The standard InChI is InChI=1S/C14H20N4/c1-3-14-16-11-5-4-10(8-12(11)17-14)13-9-15-6-7-18(13)2/h4-5,8,13,15H,3,6-7,9H2,1-2H3,(H,16,17). The summed E-state index contributed by atoms with van der Waals surface area (Å²) in [5.74, 6) is 1.07. The third-order valence-corrected chi connectivity index (χ3v) is 3.79. The van der Waals surface area contributed by atoms with Crippen molar-refractivity contribution in [2.24, 2.45) is 0 Å². The lowest BCUT2D eigenvalue weighted by molar-refractivity contribution is 0.202. The van der Waals surface area contributed by atoms with Crippen molar-refractivity contribution in [3.8, 4) is 0 Å². The van der Waals surface area contributed by atoms with Crippen molar-refractivity contribution in [1.29, 1.82) is 0 Å². The highest BCUT2D eigenvalue weighted by Crippen LogP contribution is 2.23. The largest absolute Gasteiger partial charge is 0.342 e. The molecule has 1 saturated heterocycles. The van der Waals surface area contributed by atoms with Gasteiger partial charge in [0.15, 0.2) is 0 Å². The number of benzene rings is 1. The first kappa shape index (κ1) is 11.7. The monoisotopic (exact) mass is 244 g/mol. The number of aryl methyl sites for hydroxylation is 1. The van der Waals surface area contributed by atoms with Crippen LogP contribution in [-0.2, 0) is 6.42 Å². The van der Waals surface area contributed by atoms with Gasteiger partial charge in [0.25, 0.3) is 0 Å². The van der Waals surface area contributed by atoms with E-state index in [9.17, 15) is 0 Å². The topological polar surface area (TPSA) is 44.0 Å². The predicted molar refractivity (Wildman–Crippen MR) is 73.7 cm³/mol. The minimum Gasteiger partial charge on any atom is -0.342 e. The zero-order valence-electron chi connectivity index (χ0n) is 11.0. The van der Waals surface area contributed by atoms with Crippen LogP contribution in [0.1, 0.15) is 24.4 Å².